The fourth-order valence-corrected chi connectivity index (χ4v) is 2.84. The van der Waals surface area contributed by atoms with Crippen LogP contribution in [0.25, 0.3) is 16.8 Å². The first kappa shape index (κ1) is 21.6. The number of nitrogens with zero attached hydrogens (tertiary/aromatic N) is 5. The number of benzene rings is 1. The Bertz CT molecular complexity index is 1200. The topological polar surface area (TPSA) is 74.4 Å². The Morgan fingerprint density at radius 2 is 1.83 bits per heavy atom. The molecule has 0 amide bonds. The van der Waals surface area contributed by atoms with Crippen LogP contribution in [0.5, 0.6) is 17.5 Å². The predicted molar refractivity (Wildman–Crippen MR) is 104 cm³/mol. The van der Waals surface area contributed by atoms with Crippen molar-refractivity contribution in [3.63, 3.8) is 0 Å². The molecule has 0 bridgehead atoms. The van der Waals surface area contributed by atoms with Gasteiger partial charge in [0, 0.05) is 23.4 Å². The van der Waals surface area contributed by atoms with Crippen LogP contribution >= 0.6 is 24.0 Å². The van der Waals surface area contributed by atoms with E-state index < -0.39 is 11.7 Å². The summed E-state index contributed by atoms with van der Waals surface area (Å²) in [5, 5.41) is 11.6. The van der Waals surface area contributed by atoms with Gasteiger partial charge in [-0.3, -0.25) is 0 Å². The minimum absolute atomic E-state index is 0. The Labute approximate surface area is 178 Å². The molecule has 4 aromatic rings. The monoisotopic (exact) mass is 457 g/mol. The van der Waals surface area contributed by atoms with Gasteiger partial charge in [0.15, 0.2) is 5.65 Å². The maximum atomic E-state index is 13.3. The number of rotatable bonds is 4. The largest absolute Gasteiger partial charge is 0.481 e. The maximum absolute atomic E-state index is 13.3. The Balaban J connectivity index is 0.00000256. The first-order chi connectivity index (χ1) is 13.9. The molecule has 3 aromatic heterocycles. The molecule has 3 heterocycles. The third-order valence-corrected chi connectivity index (χ3v) is 4.21. The summed E-state index contributed by atoms with van der Waals surface area (Å²) in [6.07, 6.45) is -3.04. The quantitative estimate of drug-likeness (QED) is 0.425. The Morgan fingerprint density at radius 1 is 1.03 bits per heavy atom. The molecule has 4 rings (SSSR count). The summed E-state index contributed by atoms with van der Waals surface area (Å²) in [4.78, 5) is 4.08. The molecule has 12 heteroatoms. The number of halogens is 5. The zero-order valence-electron chi connectivity index (χ0n) is 15.1. The molecular weight excluding hydrogens is 446 g/mol. The highest BCUT2D eigenvalue weighted by molar-refractivity contribution is 6.28. The van der Waals surface area contributed by atoms with E-state index in [-0.39, 0.29) is 35.2 Å². The third kappa shape index (κ3) is 4.10. The SMILES string of the molecule is COc1ncccc1-c1ccc(C(F)(F)F)cc1Oc1ccc2nnc(Cl)n2n1.Cl. The Hall–Kier alpha value is -3.11. The molecule has 0 N–H and O–H groups in total. The van der Waals surface area contributed by atoms with E-state index in [9.17, 15) is 13.2 Å². The van der Waals surface area contributed by atoms with E-state index in [1.807, 2.05) is 0 Å². The molecule has 0 aliphatic carbocycles. The summed E-state index contributed by atoms with van der Waals surface area (Å²) in [6, 6.07) is 9.42. The Morgan fingerprint density at radius 3 is 2.57 bits per heavy atom. The molecule has 0 saturated carbocycles. The van der Waals surface area contributed by atoms with Crippen LogP contribution in [0, 0.1) is 0 Å². The summed E-state index contributed by atoms with van der Waals surface area (Å²) >= 11 is 5.90. The molecule has 30 heavy (non-hydrogen) atoms. The average Bonchev–Trinajstić information content (AvgIpc) is 3.07. The van der Waals surface area contributed by atoms with E-state index in [0.29, 0.717) is 16.8 Å². The lowest BCUT2D eigenvalue weighted by Gasteiger charge is -2.15. The van der Waals surface area contributed by atoms with Crippen molar-refractivity contribution in [2.45, 2.75) is 6.18 Å². The van der Waals surface area contributed by atoms with Gasteiger partial charge in [-0.2, -0.15) is 17.7 Å². The zero-order valence-corrected chi connectivity index (χ0v) is 16.7. The molecule has 0 radical (unpaired) electrons. The fourth-order valence-electron chi connectivity index (χ4n) is 2.68. The van der Waals surface area contributed by atoms with Crippen molar-refractivity contribution < 1.29 is 22.6 Å². The van der Waals surface area contributed by atoms with Crippen molar-refractivity contribution in [1.29, 1.82) is 0 Å². The molecule has 156 valence electrons. The van der Waals surface area contributed by atoms with Gasteiger partial charge in [0.2, 0.25) is 17.0 Å². The standard InChI is InChI=1S/C18H11ClF3N5O2.ClH/c1-28-16-12(3-2-8-23-16)11-5-4-10(18(20,21)22)9-13(11)29-15-7-6-14-24-25-17(19)27(14)26-15;/h2-9H,1H3;1H. The number of pyridine rings is 1. The minimum Gasteiger partial charge on any atom is -0.481 e. The first-order valence-corrected chi connectivity index (χ1v) is 8.51. The fraction of sp³-hybridized carbons (Fsp3) is 0.111. The smallest absolute Gasteiger partial charge is 0.416 e. The van der Waals surface area contributed by atoms with Gasteiger partial charge in [-0.05, 0) is 48.0 Å². The van der Waals surface area contributed by atoms with Crippen molar-refractivity contribution in [1.82, 2.24) is 24.8 Å². The van der Waals surface area contributed by atoms with E-state index in [1.165, 1.54) is 36.0 Å². The van der Waals surface area contributed by atoms with Crippen LogP contribution < -0.4 is 9.47 Å². The van der Waals surface area contributed by atoms with Crippen molar-refractivity contribution in [2.24, 2.45) is 0 Å². The molecule has 1 aromatic carbocycles. The highest BCUT2D eigenvalue weighted by Gasteiger charge is 2.32. The number of aromatic nitrogens is 5. The lowest BCUT2D eigenvalue weighted by atomic mass is 10.0. The van der Waals surface area contributed by atoms with Crippen LogP contribution in [0.1, 0.15) is 5.56 Å². The number of hydrogen-bond donors (Lipinski definition) is 0. The van der Waals surface area contributed by atoms with Gasteiger partial charge in [0.05, 0.1) is 12.7 Å². The molecule has 0 spiro atoms. The van der Waals surface area contributed by atoms with E-state index in [4.69, 9.17) is 21.1 Å². The number of methoxy groups -OCH3 is 1. The third-order valence-electron chi connectivity index (χ3n) is 3.98. The molecule has 7 nitrogen and oxygen atoms in total. The first-order valence-electron chi connectivity index (χ1n) is 8.13. The van der Waals surface area contributed by atoms with Crippen molar-refractivity contribution in [3.8, 4) is 28.6 Å². The Kier molecular flexibility index (Phi) is 5.99. The second-order valence-corrected chi connectivity index (χ2v) is 6.12. The molecule has 0 aliphatic rings. The second kappa shape index (κ2) is 8.33. The van der Waals surface area contributed by atoms with Crippen LogP contribution in [0.3, 0.4) is 0 Å². The van der Waals surface area contributed by atoms with Gasteiger partial charge in [-0.1, -0.05) is 0 Å². The van der Waals surface area contributed by atoms with Crippen LogP contribution in [-0.4, -0.2) is 31.9 Å². The molecule has 0 aliphatic heterocycles. The van der Waals surface area contributed by atoms with Crippen molar-refractivity contribution in [3.05, 3.63) is 59.5 Å². The van der Waals surface area contributed by atoms with Gasteiger partial charge in [-0.15, -0.1) is 27.7 Å². The molecule has 0 unspecified atom stereocenters. The summed E-state index contributed by atoms with van der Waals surface area (Å²) in [6.45, 7) is 0. The van der Waals surface area contributed by atoms with Crippen LogP contribution in [0.2, 0.25) is 5.28 Å². The van der Waals surface area contributed by atoms with E-state index in [0.717, 1.165) is 12.1 Å². The number of hydrogen-bond acceptors (Lipinski definition) is 6. The summed E-state index contributed by atoms with van der Waals surface area (Å²) < 4.78 is 51.9. The summed E-state index contributed by atoms with van der Waals surface area (Å²) in [5.74, 6) is 0.159. The lowest BCUT2D eigenvalue weighted by molar-refractivity contribution is -0.137. The minimum atomic E-state index is -4.55. The van der Waals surface area contributed by atoms with Gasteiger partial charge >= 0.3 is 6.18 Å². The average molecular weight is 458 g/mol. The molecule has 0 fully saturated rings. The van der Waals surface area contributed by atoms with Crippen molar-refractivity contribution in [2.75, 3.05) is 7.11 Å². The van der Waals surface area contributed by atoms with Gasteiger partial charge in [0.25, 0.3) is 0 Å². The zero-order chi connectivity index (χ0) is 20.6. The van der Waals surface area contributed by atoms with Gasteiger partial charge < -0.3 is 9.47 Å². The van der Waals surface area contributed by atoms with Crippen LogP contribution in [-0.2, 0) is 6.18 Å². The normalized spacial score (nSPS) is 11.2. The summed E-state index contributed by atoms with van der Waals surface area (Å²) in [5.41, 5.74) is 0.296. The van der Waals surface area contributed by atoms with Crippen LogP contribution in [0.15, 0.2) is 48.7 Å². The maximum Gasteiger partial charge on any atom is 0.416 e. The van der Waals surface area contributed by atoms with Crippen molar-refractivity contribution >= 4 is 29.7 Å². The molecule has 0 saturated heterocycles. The van der Waals surface area contributed by atoms with E-state index in [2.05, 4.69) is 20.3 Å². The predicted octanol–water partition coefficient (Wildman–Crippen LogP) is 5.08. The second-order valence-electron chi connectivity index (χ2n) is 5.78. The van der Waals surface area contributed by atoms with Crippen LogP contribution in [0.4, 0.5) is 13.2 Å². The lowest BCUT2D eigenvalue weighted by Crippen LogP contribution is -2.06. The number of alkyl halides is 3. The highest BCUT2D eigenvalue weighted by atomic mass is 35.5. The number of fused-ring (bicyclic) bond motifs is 1. The molecule has 0 atom stereocenters. The number of ether oxygens (including phenoxy) is 2. The van der Waals surface area contributed by atoms with E-state index in [1.54, 1.807) is 12.1 Å². The molecular formula is C18H12Cl2F3N5O2. The van der Waals surface area contributed by atoms with Gasteiger partial charge in [0.1, 0.15) is 5.75 Å². The van der Waals surface area contributed by atoms with E-state index >= 15 is 0 Å². The highest BCUT2D eigenvalue weighted by Crippen LogP contribution is 2.41. The summed E-state index contributed by atoms with van der Waals surface area (Å²) in [7, 11) is 1.42. The van der Waals surface area contributed by atoms with Gasteiger partial charge in [-0.25, -0.2) is 4.98 Å².